The SMILES string of the molecule is Cc1cc(NN)nc(Cn2cc([N+](=O)[O-])c(C)cc2=O)n1. The Bertz CT molecular complexity index is 755. The van der Waals surface area contributed by atoms with Crippen LogP contribution in [0.25, 0.3) is 0 Å². The summed E-state index contributed by atoms with van der Waals surface area (Å²) in [5.74, 6) is 6.04. The number of hydrazine groups is 1. The maximum absolute atomic E-state index is 11.9. The molecule has 0 aliphatic heterocycles. The largest absolute Gasteiger partial charge is 0.308 e. The van der Waals surface area contributed by atoms with E-state index in [0.29, 0.717) is 22.9 Å². The smallest absolute Gasteiger partial charge is 0.288 e. The van der Waals surface area contributed by atoms with Crippen molar-refractivity contribution in [1.82, 2.24) is 14.5 Å². The fourth-order valence-electron chi connectivity index (χ4n) is 1.90. The van der Waals surface area contributed by atoms with Crippen molar-refractivity contribution < 1.29 is 4.92 Å². The van der Waals surface area contributed by atoms with Gasteiger partial charge in [0.2, 0.25) is 0 Å². The molecule has 0 atom stereocenters. The van der Waals surface area contributed by atoms with E-state index in [4.69, 9.17) is 5.84 Å². The predicted octanol–water partition coefficient (Wildman–Crippen LogP) is 0.497. The van der Waals surface area contributed by atoms with Crippen molar-refractivity contribution in [1.29, 1.82) is 0 Å². The molecule has 110 valence electrons. The van der Waals surface area contributed by atoms with Crippen LogP contribution in [0, 0.1) is 24.0 Å². The van der Waals surface area contributed by atoms with Gasteiger partial charge >= 0.3 is 0 Å². The lowest BCUT2D eigenvalue weighted by atomic mass is 10.2. The van der Waals surface area contributed by atoms with Crippen LogP contribution in [-0.2, 0) is 6.54 Å². The molecule has 0 aliphatic carbocycles. The Morgan fingerprint density at radius 3 is 2.71 bits per heavy atom. The molecule has 0 fully saturated rings. The molecule has 0 spiro atoms. The van der Waals surface area contributed by atoms with Gasteiger partial charge in [-0.25, -0.2) is 15.8 Å². The lowest BCUT2D eigenvalue weighted by molar-refractivity contribution is -0.385. The van der Waals surface area contributed by atoms with Gasteiger partial charge in [-0.15, -0.1) is 0 Å². The van der Waals surface area contributed by atoms with E-state index in [2.05, 4.69) is 15.4 Å². The van der Waals surface area contributed by atoms with E-state index in [1.807, 2.05) is 0 Å². The number of nitrogens with two attached hydrogens (primary N) is 1. The number of pyridine rings is 1. The van der Waals surface area contributed by atoms with E-state index < -0.39 is 4.92 Å². The summed E-state index contributed by atoms with van der Waals surface area (Å²) in [5.41, 5.74) is 2.90. The molecule has 2 heterocycles. The number of nitro groups is 1. The van der Waals surface area contributed by atoms with E-state index in [9.17, 15) is 14.9 Å². The molecule has 3 N–H and O–H groups in total. The maximum Gasteiger partial charge on any atom is 0.288 e. The molecule has 21 heavy (non-hydrogen) atoms. The summed E-state index contributed by atoms with van der Waals surface area (Å²) in [4.78, 5) is 30.6. The van der Waals surface area contributed by atoms with Crippen LogP contribution in [0.5, 0.6) is 0 Å². The minimum absolute atomic E-state index is 0.0241. The Morgan fingerprint density at radius 1 is 1.38 bits per heavy atom. The number of nitrogens with one attached hydrogen (secondary N) is 1. The highest BCUT2D eigenvalue weighted by Gasteiger charge is 2.14. The highest BCUT2D eigenvalue weighted by Crippen LogP contribution is 2.14. The number of nitrogen functional groups attached to an aromatic ring is 1. The molecule has 2 aromatic rings. The summed E-state index contributed by atoms with van der Waals surface area (Å²) in [6, 6.07) is 2.86. The van der Waals surface area contributed by atoms with Gasteiger partial charge in [0.25, 0.3) is 11.2 Å². The van der Waals surface area contributed by atoms with Gasteiger partial charge in [-0.05, 0) is 13.8 Å². The van der Waals surface area contributed by atoms with Crippen LogP contribution in [0.15, 0.2) is 23.1 Å². The predicted molar refractivity (Wildman–Crippen MR) is 75.8 cm³/mol. The van der Waals surface area contributed by atoms with E-state index in [1.165, 1.54) is 23.8 Å². The monoisotopic (exact) mass is 290 g/mol. The normalized spacial score (nSPS) is 10.4. The highest BCUT2D eigenvalue weighted by atomic mass is 16.6. The lowest BCUT2D eigenvalue weighted by Crippen LogP contribution is -2.22. The second-order valence-electron chi connectivity index (χ2n) is 4.52. The summed E-state index contributed by atoms with van der Waals surface area (Å²) >= 11 is 0. The number of anilines is 1. The van der Waals surface area contributed by atoms with Crippen LogP contribution < -0.4 is 16.8 Å². The van der Waals surface area contributed by atoms with Gasteiger partial charge in [0.15, 0.2) is 5.82 Å². The molecule has 2 rings (SSSR count). The van der Waals surface area contributed by atoms with Crippen molar-refractivity contribution in [2.75, 3.05) is 5.43 Å². The van der Waals surface area contributed by atoms with Crippen LogP contribution in [0.1, 0.15) is 17.1 Å². The second kappa shape index (κ2) is 5.67. The second-order valence-corrected chi connectivity index (χ2v) is 4.52. The Kier molecular flexibility index (Phi) is 3.94. The van der Waals surface area contributed by atoms with E-state index in [1.54, 1.807) is 13.0 Å². The number of hydrogen-bond donors (Lipinski definition) is 2. The molecule has 2 aromatic heterocycles. The van der Waals surface area contributed by atoms with Crippen molar-refractivity contribution in [3.05, 3.63) is 55.9 Å². The van der Waals surface area contributed by atoms with Gasteiger partial charge < -0.3 is 9.99 Å². The molecule has 9 heteroatoms. The molecule has 0 aliphatic rings. The van der Waals surface area contributed by atoms with Gasteiger partial charge in [-0.2, -0.15) is 0 Å². The van der Waals surface area contributed by atoms with Crippen molar-refractivity contribution in [2.45, 2.75) is 20.4 Å². The number of nitrogens with zero attached hydrogens (tertiary/aromatic N) is 4. The first-order chi connectivity index (χ1) is 9.90. The van der Waals surface area contributed by atoms with Gasteiger partial charge in [0.1, 0.15) is 5.82 Å². The minimum atomic E-state index is -0.532. The molecule has 0 saturated carbocycles. The summed E-state index contributed by atoms with van der Waals surface area (Å²) in [5, 5.41) is 10.9. The molecule has 0 unspecified atom stereocenters. The zero-order valence-electron chi connectivity index (χ0n) is 11.5. The van der Waals surface area contributed by atoms with Crippen LogP contribution >= 0.6 is 0 Å². The Labute approximate surface area is 119 Å². The van der Waals surface area contributed by atoms with Gasteiger partial charge in [-0.1, -0.05) is 0 Å². The van der Waals surface area contributed by atoms with Crippen molar-refractivity contribution in [3.8, 4) is 0 Å². The average Bonchev–Trinajstić information content (AvgIpc) is 2.40. The number of aromatic nitrogens is 3. The zero-order chi connectivity index (χ0) is 15.6. The standard InChI is InChI=1S/C12H14N6O3/c1-7-3-12(19)17(5-9(7)18(20)21)6-11-14-8(2)4-10(15-11)16-13/h3-5H,6,13H2,1-2H3,(H,14,15,16). The molecule has 0 amide bonds. The highest BCUT2D eigenvalue weighted by molar-refractivity contribution is 5.36. The molecular weight excluding hydrogens is 276 g/mol. The molecular formula is C12H14N6O3. The van der Waals surface area contributed by atoms with Gasteiger partial charge in [0, 0.05) is 23.4 Å². The third-order valence-electron chi connectivity index (χ3n) is 2.86. The quantitative estimate of drug-likeness (QED) is 0.476. The molecule has 0 aromatic carbocycles. The number of rotatable bonds is 4. The number of aryl methyl sites for hydroxylation is 2. The summed E-state index contributed by atoms with van der Waals surface area (Å²) in [6.07, 6.45) is 1.19. The lowest BCUT2D eigenvalue weighted by Gasteiger charge is -2.08. The molecule has 9 nitrogen and oxygen atoms in total. The Balaban J connectivity index is 2.44. The topological polar surface area (TPSA) is 129 Å². The summed E-state index contributed by atoms with van der Waals surface area (Å²) in [6.45, 7) is 3.30. The average molecular weight is 290 g/mol. The third-order valence-corrected chi connectivity index (χ3v) is 2.86. The molecule has 0 saturated heterocycles. The molecule has 0 bridgehead atoms. The van der Waals surface area contributed by atoms with Crippen molar-refractivity contribution in [3.63, 3.8) is 0 Å². The Hall–Kier alpha value is -2.81. The minimum Gasteiger partial charge on any atom is -0.308 e. The number of hydrogen-bond acceptors (Lipinski definition) is 7. The third kappa shape index (κ3) is 3.20. The van der Waals surface area contributed by atoms with Crippen molar-refractivity contribution >= 4 is 11.5 Å². The fourth-order valence-corrected chi connectivity index (χ4v) is 1.90. The fraction of sp³-hybridized carbons (Fsp3) is 0.250. The van der Waals surface area contributed by atoms with E-state index >= 15 is 0 Å². The Morgan fingerprint density at radius 2 is 2.10 bits per heavy atom. The van der Waals surface area contributed by atoms with E-state index in [-0.39, 0.29) is 17.8 Å². The van der Waals surface area contributed by atoms with Crippen molar-refractivity contribution in [2.24, 2.45) is 5.84 Å². The zero-order valence-corrected chi connectivity index (χ0v) is 11.5. The summed E-state index contributed by atoms with van der Waals surface area (Å²) in [7, 11) is 0. The first-order valence-electron chi connectivity index (χ1n) is 6.07. The first kappa shape index (κ1) is 14.6. The van der Waals surface area contributed by atoms with Crippen LogP contribution in [-0.4, -0.2) is 19.5 Å². The maximum atomic E-state index is 11.9. The van der Waals surface area contributed by atoms with Gasteiger partial charge in [-0.3, -0.25) is 14.9 Å². The first-order valence-corrected chi connectivity index (χ1v) is 6.07. The van der Waals surface area contributed by atoms with Crippen LogP contribution in [0.3, 0.4) is 0 Å². The van der Waals surface area contributed by atoms with Crippen LogP contribution in [0.4, 0.5) is 11.5 Å². The van der Waals surface area contributed by atoms with E-state index in [0.717, 1.165) is 0 Å². The summed E-state index contributed by atoms with van der Waals surface area (Å²) < 4.78 is 1.19. The van der Waals surface area contributed by atoms with Crippen LogP contribution in [0.2, 0.25) is 0 Å². The molecule has 0 radical (unpaired) electrons. The van der Waals surface area contributed by atoms with Gasteiger partial charge in [0.05, 0.1) is 17.7 Å².